The number of carbonyl (C=O) groups excluding carboxylic acids is 1. The van der Waals surface area contributed by atoms with Gasteiger partial charge in [-0.05, 0) is 61.8 Å². The molecule has 1 aromatic carbocycles. The molecule has 148 valence electrons. The Kier molecular flexibility index (Phi) is 6.21. The number of anilines is 1. The van der Waals surface area contributed by atoms with Crippen molar-refractivity contribution in [2.45, 2.75) is 12.8 Å². The first-order valence-corrected chi connectivity index (χ1v) is 11.0. The van der Waals surface area contributed by atoms with Gasteiger partial charge in [-0.25, -0.2) is 18.4 Å². The van der Waals surface area contributed by atoms with E-state index in [1.165, 1.54) is 6.33 Å². The number of nitrogens with zero attached hydrogens (tertiary/aromatic N) is 3. The average Bonchev–Trinajstić information content (AvgIpc) is 2.68. The Bertz CT molecular complexity index is 935. The Labute approximate surface area is 165 Å². The molecular weight excluding hydrogens is 376 g/mol. The van der Waals surface area contributed by atoms with Gasteiger partial charge >= 0.3 is 0 Å². The molecule has 0 amide bonds. The van der Waals surface area contributed by atoms with Gasteiger partial charge in [0.25, 0.3) is 0 Å². The van der Waals surface area contributed by atoms with Crippen molar-refractivity contribution in [3.8, 4) is 0 Å². The van der Waals surface area contributed by atoms with Gasteiger partial charge in [0.15, 0.2) is 5.78 Å². The van der Waals surface area contributed by atoms with E-state index in [-0.39, 0.29) is 11.7 Å². The first-order valence-electron chi connectivity index (χ1n) is 9.10. The number of benzene rings is 1. The topological polar surface area (TPSA) is 92.3 Å². The van der Waals surface area contributed by atoms with Crippen LogP contribution in [0, 0.1) is 5.92 Å². The molecule has 7 nitrogen and oxygen atoms in total. The van der Waals surface area contributed by atoms with E-state index in [9.17, 15) is 13.2 Å². The second kappa shape index (κ2) is 8.62. The number of aromatic nitrogens is 2. The molecule has 0 atom stereocenters. The minimum absolute atomic E-state index is 0.0164. The van der Waals surface area contributed by atoms with Crippen molar-refractivity contribution >= 4 is 27.1 Å². The van der Waals surface area contributed by atoms with Crippen molar-refractivity contribution in [2.24, 2.45) is 5.92 Å². The van der Waals surface area contributed by atoms with E-state index < -0.39 is 10.0 Å². The normalized spacial score (nSPS) is 15.9. The van der Waals surface area contributed by atoms with Crippen LogP contribution in [0.4, 0.5) is 5.69 Å². The molecule has 1 saturated heterocycles. The first kappa shape index (κ1) is 20.2. The maximum absolute atomic E-state index is 12.8. The third-order valence-corrected chi connectivity index (χ3v) is 5.40. The molecule has 0 spiro atoms. The number of rotatable bonds is 7. The van der Waals surface area contributed by atoms with Crippen LogP contribution in [0.3, 0.4) is 0 Å². The molecule has 1 aliphatic heterocycles. The summed E-state index contributed by atoms with van der Waals surface area (Å²) in [4.78, 5) is 23.2. The Balaban J connectivity index is 1.53. The summed E-state index contributed by atoms with van der Waals surface area (Å²) in [6.45, 7) is 6.49. The SMILES string of the molecule is C=C(CN1CCC(C(=O)c2ccc(NS(C)(=O)=O)cc2)CC1)c1ccncn1. The largest absolute Gasteiger partial charge is 0.299 e. The van der Waals surface area contributed by atoms with Crippen molar-refractivity contribution in [3.05, 3.63) is 60.7 Å². The van der Waals surface area contributed by atoms with Gasteiger partial charge in [0, 0.05) is 29.9 Å². The van der Waals surface area contributed by atoms with Crippen LogP contribution in [0.2, 0.25) is 0 Å². The zero-order valence-corrected chi connectivity index (χ0v) is 16.7. The average molecular weight is 401 g/mol. The number of Topliss-reactive ketones (excluding diaryl/α,β-unsaturated/α-hetero) is 1. The van der Waals surface area contributed by atoms with E-state index in [1.54, 1.807) is 30.5 Å². The second-order valence-corrected chi connectivity index (χ2v) is 8.81. The number of likely N-dealkylation sites (tertiary alicyclic amines) is 1. The van der Waals surface area contributed by atoms with Crippen LogP contribution in [-0.2, 0) is 10.0 Å². The van der Waals surface area contributed by atoms with Gasteiger partial charge in [0.1, 0.15) is 6.33 Å². The van der Waals surface area contributed by atoms with Crippen molar-refractivity contribution in [1.82, 2.24) is 14.9 Å². The molecular formula is C20H24N4O3S. The highest BCUT2D eigenvalue weighted by atomic mass is 32.2. The molecule has 28 heavy (non-hydrogen) atoms. The molecule has 1 aromatic heterocycles. The lowest BCUT2D eigenvalue weighted by Crippen LogP contribution is -2.37. The minimum Gasteiger partial charge on any atom is -0.299 e. The number of sulfonamides is 1. The summed E-state index contributed by atoms with van der Waals surface area (Å²) >= 11 is 0. The summed E-state index contributed by atoms with van der Waals surface area (Å²) in [7, 11) is -3.32. The molecule has 0 saturated carbocycles. The van der Waals surface area contributed by atoms with Gasteiger partial charge in [-0.3, -0.25) is 14.4 Å². The Morgan fingerprint density at radius 1 is 1.21 bits per heavy atom. The molecule has 2 heterocycles. The zero-order chi connectivity index (χ0) is 20.1. The lowest BCUT2D eigenvalue weighted by atomic mass is 9.88. The quantitative estimate of drug-likeness (QED) is 0.718. The minimum atomic E-state index is -3.32. The fourth-order valence-corrected chi connectivity index (χ4v) is 3.92. The second-order valence-electron chi connectivity index (χ2n) is 7.06. The summed E-state index contributed by atoms with van der Waals surface area (Å²) in [5, 5.41) is 0. The summed E-state index contributed by atoms with van der Waals surface area (Å²) in [5.41, 5.74) is 2.86. The van der Waals surface area contributed by atoms with E-state index in [4.69, 9.17) is 0 Å². The van der Waals surface area contributed by atoms with Crippen LogP contribution in [0.1, 0.15) is 28.9 Å². The van der Waals surface area contributed by atoms with Gasteiger partial charge in [0.2, 0.25) is 10.0 Å². The number of piperidine rings is 1. The maximum atomic E-state index is 12.8. The summed E-state index contributed by atoms with van der Waals surface area (Å²) < 4.78 is 24.9. The van der Waals surface area contributed by atoms with Crippen LogP contribution in [0.5, 0.6) is 0 Å². The van der Waals surface area contributed by atoms with Crippen molar-refractivity contribution in [2.75, 3.05) is 30.6 Å². The Morgan fingerprint density at radius 2 is 1.89 bits per heavy atom. The highest BCUT2D eigenvalue weighted by molar-refractivity contribution is 7.92. The maximum Gasteiger partial charge on any atom is 0.229 e. The third-order valence-electron chi connectivity index (χ3n) is 4.79. The van der Waals surface area contributed by atoms with Crippen molar-refractivity contribution in [1.29, 1.82) is 0 Å². The zero-order valence-electron chi connectivity index (χ0n) is 15.8. The van der Waals surface area contributed by atoms with E-state index in [1.807, 2.05) is 6.07 Å². The van der Waals surface area contributed by atoms with Crippen LogP contribution < -0.4 is 4.72 Å². The predicted molar refractivity (Wildman–Crippen MR) is 109 cm³/mol. The lowest BCUT2D eigenvalue weighted by molar-refractivity contribution is 0.0850. The number of hydrogen-bond donors (Lipinski definition) is 1. The molecule has 1 N–H and O–H groups in total. The number of carbonyl (C=O) groups is 1. The van der Waals surface area contributed by atoms with Crippen LogP contribution in [-0.4, -0.2) is 55.0 Å². The molecule has 0 bridgehead atoms. The summed E-state index contributed by atoms with van der Waals surface area (Å²) in [5.74, 6) is 0.0949. The summed E-state index contributed by atoms with van der Waals surface area (Å²) in [6, 6.07) is 8.45. The Hall–Kier alpha value is -2.58. The fraction of sp³-hybridized carbons (Fsp3) is 0.350. The molecule has 0 aliphatic carbocycles. The number of hydrogen-bond acceptors (Lipinski definition) is 6. The smallest absolute Gasteiger partial charge is 0.229 e. The van der Waals surface area contributed by atoms with Crippen LogP contribution in [0.15, 0.2) is 49.4 Å². The van der Waals surface area contributed by atoms with Crippen LogP contribution >= 0.6 is 0 Å². The van der Waals surface area contributed by atoms with Gasteiger partial charge in [-0.2, -0.15) is 0 Å². The molecule has 0 unspecified atom stereocenters. The van der Waals surface area contributed by atoms with Gasteiger partial charge in [-0.1, -0.05) is 6.58 Å². The van der Waals surface area contributed by atoms with Gasteiger partial charge in [-0.15, -0.1) is 0 Å². The molecule has 1 aliphatic rings. The van der Waals surface area contributed by atoms with Crippen molar-refractivity contribution in [3.63, 3.8) is 0 Å². The van der Waals surface area contributed by atoms with E-state index in [0.717, 1.165) is 50.0 Å². The monoisotopic (exact) mass is 400 g/mol. The Morgan fingerprint density at radius 3 is 2.46 bits per heavy atom. The third kappa shape index (κ3) is 5.46. The van der Waals surface area contributed by atoms with E-state index in [0.29, 0.717) is 11.3 Å². The molecule has 2 aromatic rings. The number of nitrogens with one attached hydrogen (secondary N) is 1. The summed E-state index contributed by atoms with van der Waals surface area (Å²) in [6.07, 6.45) is 5.90. The standard InChI is InChI=1S/C20H24N4O3S/c1-15(19-7-10-21-14-22-19)13-24-11-8-17(9-12-24)20(25)16-3-5-18(6-4-16)23-28(2,26)27/h3-7,10,14,17,23H,1,8-9,11-13H2,2H3. The predicted octanol–water partition coefficient (Wildman–Crippen LogP) is 2.46. The number of ketones is 1. The fourth-order valence-electron chi connectivity index (χ4n) is 3.36. The van der Waals surface area contributed by atoms with Crippen LogP contribution in [0.25, 0.3) is 5.57 Å². The molecule has 3 rings (SSSR count). The van der Waals surface area contributed by atoms with Gasteiger partial charge < -0.3 is 0 Å². The van der Waals surface area contributed by atoms with Gasteiger partial charge in [0.05, 0.1) is 11.9 Å². The highest BCUT2D eigenvalue weighted by Gasteiger charge is 2.26. The lowest BCUT2D eigenvalue weighted by Gasteiger charge is -2.31. The van der Waals surface area contributed by atoms with E-state index >= 15 is 0 Å². The highest BCUT2D eigenvalue weighted by Crippen LogP contribution is 2.24. The molecule has 8 heteroatoms. The molecule has 1 fully saturated rings. The first-order chi connectivity index (χ1) is 13.3. The van der Waals surface area contributed by atoms with E-state index in [2.05, 4.69) is 26.2 Å². The molecule has 0 radical (unpaired) electrons. The van der Waals surface area contributed by atoms with Crippen molar-refractivity contribution < 1.29 is 13.2 Å².